The molecule has 1 aromatic rings. The topological polar surface area (TPSA) is 75.9 Å². The number of hydrogen-bond acceptors (Lipinski definition) is 4. The lowest BCUT2D eigenvalue weighted by molar-refractivity contribution is -0.142. The normalized spacial score (nSPS) is 20.6. The standard InChI is InChI=1S/C16H20BrN3O3.ClH/c17-11-3-4-12(13(18)10-11)15(21)19-5-7-20(8-6-19)16(22)14-2-1-9-23-14;/h3-4,10,14H,1-2,5-9,18H2;1H. The van der Waals surface area contributed by atoms with E-state index >= 15 is 0 Å². The second kappa shape index (κ2) is 8.18. The van der Waals surface area contributed by atoms with Crippen molar-refractivity contribution >= 4 is 45.8 Å². The number of anilines is 1. The minimum Gasteiger partial charge on any atom is -0.398 e. The summed E-state index contributed by atoms with van der Waals surface area (Å²) in [6.45, 7) is 2.79. The molecule has 0 bridgehead atoms. The lowest BCUT2D eigenvalue weighted by Crippen LogP contribution is -2.52. The fourth-order valence-corrected chi connectivity index (χ4v) is 3.38. The maximum atomic E-state index is 12.6. The monoisotopic (exact) mass is 417 g/mol. The summed E-state index contributed by atoms with van der Waals surface area (Å²) in [4.78, 5) is 28.4. The van der Waals surface area contributed by atoms with E-state index in [1.807, 2.05) is 0 Å². The Bertz CT molecular complexity index is 615. The molecule has 8 heteroatoms. The SMILES string of the molecule is Cl.Nc1cc(Br)ccc1C(=O)N1CCN(C(=O)C2CCCO2)CC1. The van der Waals surface area contributed by atoms with Crippen LogP contribution >= 0.6 is 28.3 Å². The van der Waals surface area contributed by atoms with Crippen LogP contribution in [0.1, 0.15) is 23.2 Å². The Kier molecular flexibility index (Phi) is 6.48. The molecule has 1 aromatic carbocycles. The second-order valence-corrected chi connectivity index (χ2v) is 6.77. The van der Waals surface area contributed by atoms with Crippen molar-refractivity contribution in [1.82, 2.24) is 9.80 Å². The number of rotatable bonds is 2. The molecular weight excluding hydrogens is 398 g/mol. The Balaban J connectivity index is 0.00000208. The largest absolute Gasteiger partial charge is 0.398 e. The van der Waals surface area contributed by atoms with Crippen LogP contribution in [0.4, 0.5) is 5.69 Å². The lowest BCUT2D eigenvalue weighted by atomic mass is 10.1. The molecular formula is C16H21BrClN3O3. The number of hydrogen-bond donors (Lipinski definition) is 1. The summed E-state index contributed by atoms with van der Waals surface area (Å²) >= 11 is 3.34. The van der Waals surface area contributed by atoms with Crippen molar-refractivity contribution in [3.05, 3.63) is 28.2 Å². The summed E-state index contributed by atoms with van der Waals surface area (Å²) in [6.07, 6.45) is 1.45. The average Bonchev–Trinajstić information content (AvgIpc) is 3.08. The molecule has 0 spiro atoms. The smallest absolute Gasteiger partial charge is 0.256 e. The summed E-state index contributed by atoms with van der Waals surface area (Å²) in [5.74, 6) is -0.0306. The van der Waals surface area contributed by atoms with Crippen LogP contribution < -0.4 is 5.73 Å². The van der Waals surface area contributed by atoms with E-state index in [1.54, 1.807) is 28.0 Å². The van der Waals surface area contributed by atoms with Gasteiger partial charge in [0.15, 0.2) is 0 Å². The van der Waals surface area contributed by atoms with E-state index in [2.05, 4.69) is 15.9 Å². The lowest BCUT2D eigenvalue weighted by Gasteiger charge is -2.36. The Morgan fingerprint density at radius 1 is 1.17 bits per heavy atom. The molecule has 1 unspecified atom stereocenters. The molecule has 0 aromatic heterocycles. The van der Waals surface area contributed by atoms with Gasteiger partial charge in [-0.15, -0.1) is 12.4 Å². The fourth-order valence-electron chi connectivity index (χ4n) is 3.00. The van der Waals surface area contributed by atoms with Crippen LogP contribution in [0.15, 0.2) is 22.7 Å². The Morgan fingerprint density at radius 2 is 1.83 bits per heavy atom. The number of nitrogen functional groups attached to an aromatic ring is 1. The maximum Gasteiger partial charge on any atom is 0.256 e. The Morgan fingerprint density at radius 3 is 2.42 bits per heavy atom. The first-order chi connectivity index (χ1) is 11.1. The zero-order valence-electron chi connectivity index (χ0n) is 13.2. The molecule has 0 radical (unpaired) electrons. The highest BCUT2D eigenvalue weighted by atomic mass is 79.9. The number of carbonyl (C=O) groups is 2. The average molecular weight is 419 g/mol. The minimum absolute atomic E-state index is 0. The molecule has 6 nitrogen and oxygen atoms in total. The molecule has 0 aliphatic carbocycles. The molecule has 2 fully saturated rings. The quantitative estimate of drug-likeness (QED) is 0.745. The second-order valence-electron chi connectivity index (χ2n) is 5.85. The third kappa shape index (κ3) is 4.02. The zero-order valence-corrected chi connectivity index (χ0v) is 15.6. The first kappa shape index (κ1) is 19.0. The predicted molar refractivity (Wildman–Crippen MR) is 97.3 cm³/mol. The van der Waals surface area contributed by atoms with E-state index in [0.717, 1.165) is 17.3 Å². The summed E-state index contributed by atoms with van der Waals surface area (Å²) in [5.41, 5.74) is 6.90. The number of halogens is 2. The molecule has 132 valence electrons. The molecule has 2 amide bonds. The van der Waals surface area contributed by atoms with E-state index in [1.165, 1.54) is 0 Å². The third-order valence-corrected chi connectivity index (χ3v) is 4.82. The van der Waals surface area contributed by atoms with Gasteiger partial charge < -0.3 is 20.3 Å². The maximum absolute atomic E-state index is 12.6. The van der Waals surface area contributed by atoms with Gasteiger partial charge in [0.25, 0.3) is 11.8 Å². The number of nitrogens with two attached hydrogens (primary N) is 1. The number of ether oxygens (including phenoxy) is 1. The van der Waals surface area contributed by atoms with Gasteiger partial charge >= 0.3 is 0 Å². The van der Waals surface area contributed by atoms with Gasteiger partial charge in [0.1, 0.15) is 6.10 Å². The molecule has 2 saturated heterocycles. The van der Waals surface area contributed by atoms with Crippen molar-refractivity contribution in [3.63, 3.8) is 0 Å². The van der Waals surface area contributed by atoms with E-state index in [4.69, 9.17) is 10.5 Å². The van der Waals surface area contributed by atoms with Gasteiger partial charge in [-0.05, 0) is 31.0 Å². The van der Waals surface area contributed by atoms with E-state index in [-0.39, 0.29) is 30.3 Å². The van der Waals surface area contributed by atoms with Crippen molar-refractivity contribution in [2.24, 2.45) is 0 Å². The van der Waals surface area contributed by atoms with Crippen LogP contribution in [-0.2, 0) is 9.53 Å². The molecule has 3 rings (SSSR count). The summed E-state index contributed by atoms with van der Waals surface area (Å²) in [7, 11) is 0. The van der Waals surface area contributed by atoms with Crippen LogP contribution in [0.2, 0.25) is 0 Å². The predicted octanol–water partition coefficient (Wildman–Crippen LogP) is 1.92. The van der Waals surface area contributed by atoms with Crippen LogP contribution in [0.25, 0.3) is 0 Å². The summed E-state index contributed by atoms with van der Waals surface area (Å²) in [5, 5.41) is 0. The molecule has 2 N–H and O–H groups in total. The van der Waals surface area contributed by atoms with Crippen molar-refractivity contribution < 1.29 is 14.3 Å². The molecule has 2 aliphatic rings. The highest BCUT2D eigenvalue weighted by Gasteiger charge is 2.31. The number of nitrogens with zero attached hydrogens (tertiary/aromatic N) is 2. The summed E-state index contributed by atoms with van der Waals surface area (Å²) < 4.78 is 6.29. The van der Waals surface area contributed by atoms with Crippen molar-refractivity contribution in [2.75, 3.05) is 38.5 Å². The van der Waals surface area contributed by atoms with Crippen molar-refractivity contribution in [3.8, 4) is 0 Å². The highest BCUT2D eigenvalue weighted by Crippen LogP contribution is 2.21. The van der Waals surface area contributed by atoms with E-state index in [0.29, 0.717) is 44.0 Å². The number of amides is 2. The number of carbonyl (C=O) groups excluding carboxylic acids is 2. The number of piperazine rings is 1. The third-order valence-electron chi connectivity index (χ3n) is 4.33. The molecule has 1 atom stereocenters. The van der Waals surface area contributed by atoms with Crippen molar-refractivity contribution in [1.29, 1.82) is 0 Å². The van der Waals surface area contributed by atoms with Crippen LogP contribution in [0.3, 0.4) is 0 Å². The molecule has 0 saturated carbocycles. The van der Waals surface area contributed by atoms with E-state index in [9.17, 15) is 9.59 Å². The van der Waals surface area contributed by atoms with Gasteiger partial charge in [0.05, 0.1) is 5.56 Å². The van der Waals surface area contributed by atoms with Gasteiger partial charge in [-0.25, -0.2) is 0 Å². The van der Waals surface area contributed by atoms with Crippen LogP contribution in [-0.4, -0.2) is 60.5 Å². The highest BCUT2D eigenvalue weighted by molar-refractivity contribution is 9.10. The van der Waals surface area contributed by atoms with Gasteiger partial charge in [0, 0.05) is 42.9 Å². The van der Waals surface area contributed by atoms with E-state index < -0.39 is 0 Å². The van der Waals surface area contributed by atoms with Gasteiger partial charge in [-0.3, -0.25) is 9.59 Å². The minimum atomic E-state index is -0.292. The molecule has 24 heavy (non-hydrogen) atoms. The zero-order chi connectivity index (χ0) is 16.4. The number of benzene rings is 1. The fraction of sp³-hybridized carbons (Fsp3) is 0.500. The Labute approximate surface area is 155 Å². The first-order valence-corrected chi connectivity index (χ1v) is 8.60. The summed E-state index contributed by atoms with van der Waals surface area (Å²) in [6, 6.07) is 5.26. The van der Waals surface area contributed by atoms with Crippen LogP contribution in [0, 0.1) is 0 Å². The van der Waals surface area contributed by atoms with Gasteiger partial charge in [-0.2, -0.15) is 0 Å². The Hall–Kier alpha value is -1.31. The first-order valence-electron chi connectivity index (χ1n) is 7.81. The van der Waals surface area contributed by atoms with Gasteiger partial charge in [0.2, 0.25) is 0 Å². The van der Waals surface area contributed by atoms with Crippen molar-refractivity contribution in [2.45, 2.75) is 18.9 Å². The van der Waals surface area contributed by atoms with Gasteiger partial charge in [-0.1, -0.05) is 15.9 Å². The molecule has 2 aliphatic heterocycles. The van der Waals surface area contributed by atoms with Crippen LogP contribution in [0.5, 0.6) is 0 Å². The molecule has 2 heterocycles.